The maximum atomic E-state index is 12.7. The molecule has 0 aliphatic carbocycles. The Hall–Kier alpha value is -2.72. The average Bonchev–Trinajstić information content (AvgIpc) is 3.32. The zero-order valence-electron chi connectivity index (χ0n) is 21.8. The minimum absolute atomic E-state index is 0.116. The van der Waals surface area contributed by atoms with Crippen LogP contribution in [0.25, 0.3) is 22.0 Å². The van der Waals surface area contributed by atoms with Gasteiger partial charge in [-0.05, 0) is 77.7 Å². The number of primary amides is 1. The highest BCUT2D eigenvalue weighted by Crippen LogP contribution is 2.37. The SMILES string of the molecule is CCNCc1cccc(-c2cc(CC(N)=O)c3[nH]cc(C4CCN(S(=O)(=O)CCCOC)CC4)c3c2)c1. The normalized spacial score (nSPS) is 15.4. The first-order valence-corrected chi connectivity index (χ1v) is 14.6. The number of H-pyrrole nitrogens is 1. The fraction of sp³-hybridized carbons (Fsp3) is 0.464. The molecule has 0 atom stereocenters. The Labute approximate surface area is 219 Å². The van der Waals surface area contributed by atoms with E-state index in [0.29, 0.717) is 26.1 Å². The summed E-state index contributed by atoms with van der Waals surface area (Å²) in [5.41, 5.74) is 11.9. The van der Waals surface area contributed by atoms with Crippen LogP contribution in [0.1, 0.15) is 48.8 Å². The van der Waals surface area contributed by atoms with E-state index in [0.717, 1.165) is 53.5 Å². The average molecular weight is 527 g/mol. The number of benzene rings is 2. The number of carbonyl (C=O) groups is 1. The van der Waals surface area contributed by atoms with Crippen molar-refractivity contribution in [1.29, 1.82) is 0 Å². The van der Waals surface area contributed by atoms with Crippen molar-refractivity contribution in [3.63, 3.8) is 0 Å². The van der Waals surface area contributed by atoms with E-state index in [2.05, 4.69) is 53.6 Å². The maximum Gasteiger partial charge on any atom is 0.221 e. The van der Waals surface area contributed by atoms with Crippen LogP contribution in [-0.4, -0.2) is 62.7 Å². The smallest absolute Gasteiger partial charge is 0.221 e. The lowest BCUT2D eigenvalue weighted by Gasteiger charge is -2.31. The standard InChI is InChI=1S/C28H38N4O4S/c1-3-30-18-20-6-4-7-22(14-20)23-15-24(17-27(29)33)28-25(16-23)26(19-31-28)21-8-10-32(11-9-21)37(34,35)13-5-12-36-2/h4,6-7,14-16,19,21,30-31H,3,5,8-13,17-18H2,1-2H3,(H2,29,33). The Bertz CT molecular complexity index is 1330. The maximum absolute atomic E-state index is 12.7. The lowest BCUT2D eigenvalue weighted by Crippen LogP contribution is -2.39. The topological polar surface area (TPSA) is 118 Å². The van der Waals surface area contributed by atoms with Crippen molar-refractivity contribution in [2.24, 2.45) is 5.73 Å². The fourth-order valence-corrected chi connectivity index (χ4v) is 6.76. The molecule has 1 fully saturated rings. The number of methoxy groups -OCH3 is 1. The highest BCUT2D eigenvalue weighted by molar-refractivity contribution is 7.89. The molecule has 2 heterocycles. The molecule has 0 bridgehead atoms. The highest BCUT2D eigenvalue weighted by atomic mass is 32.2. The van der Waals surface area contributed by atoms with Gasteiger partial charge in [0.2, 0.25) is 15.9 Å². The predicted octanol–water partition coefficient (Wildman–Crippen LogP) is 3.52. The van der Waals surface area contributed by atoms with Gasteiger partial charge in [0.1, 0.15) is 0 Å². The van der Waals surface area contributed by atoms with Crippen molar-refractivity contribution in [1.82, 2.24) is 14.6 Å². The molecule has 1 aliphatic rings. The molecule has 4 rings (SSSR count). The van der Waals surface area contributed by atoms with E-state index >= 15 is 0 Å². The zero-order chi connectivity index (χ0) is 26.4. The lowest BCUT2D eigenvalue weighted by molar-refractivity contribution is -0.117. The van der Waals surface area contributed by atoms with Gasteiger partial charge in [-0.2, -0.15) is 0 Å². The summed E-state index contributed by atoms with van der Waals surface area (Å²) < 4.78 is 32.1. The third-order valence-electron chi connectivity index (χ3n) is 7.15. The number of carbonyl (C=O) groups excluding carboxylic acids is 1. The summed E-state index contributed by atoms with van der Waals surface area (Å²) in [6.45, 7) is 5.24. The van der Waals surface area contributed by atoms with Gasteiger partial charge in [0.25, 0.3) is 0 Å². The van der Waals surface area contributed by atoms with E-state index in [9.17, 15) is 13.2 Å². The summed E-state index contributed by atoms with van der Waals surface area (Å²) in [4.78, 5) is 15.3. The van der Waals surface area contributed by atoms with Gasteiger partial charge >= 0.3 is 0 Å². The summed E-state index contributed by atoms with van der Waals surface area (Å²) in [7, 11) is -1.69. The fourth-order valence-electron chi connectivity index (χ4n) is 5.25. The van der Waals surface area contributed by atoms with Crippen molar-refractivity contribution >= 4 is 26.8 Å². The Balaban J connectivity index is 1.62. The molecule has 4 N–H and O–H groups in total. The Morgan fingerprint density at radius 1 is 1.19 bits per heavy atom. The van der Waals surface area contributed by atoms with Crippen LogP contribution in [0.15, 0.2) is 42.6 Å². The van der Waals surface area contributed by atoms with Crippen LogP contribution >= 0.6 is 0 Å². The van der Waals surface area contributed by atoms with Crippen molar-refractivity contribution in [2.45, 2.75) is 45.1 Å². The van der Waals surface area contributed by atoms with E-state index in [1.165, 1.54) is 11.1 Å². The Kier molecular flexibility index (Phi) is 9.02. The molecule has 200 valence electrons. The minimum Gasteiger partial charge on any atom is -0.385 e. The summed E-state index contributed by atoms with van der Waals surface area (Å²) in [5, 5.41) is 4.44. The van der Waals surface area contributed by atoms with Crippen LogP contribution in [0, 0.1) is 0 Å². The monoisotopic (exact) mass is 526 g/mol. The van der Waals surface area contributed by atoms with Crippen LogP contribution in [0.5, 0.6) is 0 Å². The molecule has 2 aromatic carbocycles. The number of hydrogen-bond donors (Lipinski definition) is 3. The van der Waals surface area contributed by atoms with Gasteiger partial charge in [0.15, 0.2) is 0 Å². The number of aromatic nitrogens is 1. The van der Waals surface area contributed by atoms with Gasteiger partial charge in [-0.15, -0.1) is 0 Å². The van der Waals surface area contributed by atoms with Crippen molar-refractivity contribution in [3.05, 3.63) is 59.3 Å². The number of sulfonamides is 1. The van der Waals surface area contributed by atoms with Crippen molar-refractivity contribution in [2.75, 3.05) is 39.1 Å². The molecule has 1 aliphatic heterocycles. The second-order valence-electron chi connectivity index (χ2n) is 9.76. The van der Waals surface area contributed by atoms with Gasteiger partial charge in [-0.1, -0.05) is 25.1 Å². The van der Waals surface area contributed by atoms with E-state index in [1.807, 2.05) is 6.20 Å². The van der Waals surface area contributed by atoms with E-state index < -0.39 is 10.0 Å². The molecular formula is C28H38N4O4S. The van der Waals surface area contributed by atoms with Gasteiger partial charge in [0, 0.05) is 50.5 Å². The number of fused-ring (bicyclic) bond motifs is 1. The molecule has 1 aromatic heterocycles. The number of hydrogen-bond acceptors (Lipinski definition) is 5. The number of amides is 1. The largest absolute Gasteiger partial charge is 0.385 e. The lowest BCUT2D eigenvalue weighted by atomic mass is 9.88. The molecule has 9 heteroatoms. The van der Waals surface area contributed by atoms with Crippen LogP contribution < -0.4 is 11.1 Å². The number of nitrogens with one attached hydrogen (secondary N) is 2. The molecule has 37 heavy (non-hydrogen) atoms. The third-order valence-corrected chi connectivity index (χ3v) is 9.10. The van der Waals surface area contributed by atoms with Crippen molar-refractivity contribution < 1.29 is 17.9 Å². The molecule has 0 saturated carbocycles. The van der Waals surface area contributed by atoms with Crippen LogP contribution in [0.2, 0.25) is 0 Å². The van der Waals surface area contributed by atoms with Crippen LogP contribution in [0.4, 0.5) is 0 Å². The van der Waals surface area contributed by atoms with Crippen LogP contribution in [-0.2, 0) is 32.5 Å². The van der Waals surface area contributed by atoms with Gasteiger partial charge in [0.05, 0.1) is 12.2 Å². The Morgan fingerprint density at radius 2 is 1.97 bits per heavy atom. The molecule has 8 nitrogen and oxygen atoms in total. The zero-order valence-corrected chi connectivity index (χ0v) is 22.6. The number of nitrogens with zero attached hydrogens (tertiary/aromatic N) is 1. The number of ether oxygens (including phenoxy) is 1. The first-order chi connectivity index (χ1) is 17.8. The number of aromatic amines is 1. The minimum atomic E-state index is -3.28. The Morgan fingerprint density at radius 3 is 2.68 bits per heavy atom. The molecular weight excluding hydrogens is 488 g/mol. The molecule has 3 aromatic rings. The molecule has 1 saturated heterocycles. The van der Waals surface area contributed by atoms with Gasteiger partial charge in [-0.3, -0.25) is 4.79 Å². The number of nitrogens with two attached hydrogens (primary N) is 1. The number of piperidine rings is 1. The van der Waals surface area contributed by atoms with E-state index in [4.69, 9.17) is 10.5 Å². The first kappa shape index (κ1) is 27.3. The summed E-state index contributed by atoms with van der Waals surface area (Å²) in [6, 6.07) is 12.7. The summed E-state index contributed by atoms with van der Waals surface area (Å²) >= 11 is 0. The third kappa shape index (κ3) is 6.59. The number of rotatable bonds is 12. The molecule has 0 unspecified atom stereocenters. The van der Waals surface area contributed by atoms with Crippen LogP contribution in [0.3, 0.4) is 0 Å². The molecule has 0 spiro atoms. The molecule has 0 radical (unpaired) electrons. The van der Waals surface area contributed by atoms with E-state index in [-0.39, 0.29) is 24.0 Å². The quantitative estimate of drug-likeness (QED) is 0.312. The second-order valence-corrected chi connectivity index (χ2v) is 11.8. The highest BCUT2D eigenvalue weighted by Gasteiger charge is 2.29. The summed E-state index contributed by atoms with van der Waals surface area (Å²) in [5.74, 6) is -0.0240. The summed E-state index contributed by atoms with van der Waals surface area (Å²) in [6.07, 6.45) is 4.18. The molecule has 1 amide bonds. The predicted molar refractivity (Wildman–Crippen MR) is 148 cm³/mol. The van der Waals surface area contributed by atoms with Crippen molar-refractivity contribution in [3.8, 4) is 11.1 Å². The second kappa shape index (κ2) is 12.2. The van der Waals surface area contributed by atoms with E-state index in [1.54, 1.807) is 11.4 Å². The van der Waals surface area contributed by atoms with Gasteiger partial charge < -0.3 is 20.8 Å². The van der Waals surface area contributed by atoms with Gasteiger partial charge in [-0.25, -0.2) is 12.7 Å². The first-order valence-electron chi connectivity index (χ1n) is 13.0.